The zero-order valence-corrected chi connectivity index (χ0v) is 19.9. The topological polar surface area (TPSA) is 57.8 Å². The number of carbonyl (C=O) groups is 1. The molecule has 2 aromatic carbocycles. The first-order chi connectivity index (χ1) is 15.8. The number of hydrogen-bond donors (Lipinski definition) is 0. The third kappa shape index (κ3) is 4.14. The predicted octanol–water partition coefficient (Wildman–Crippen LogP) is 6.13. The Morgan fingerprint density at radius 3 is 2.64 bits per heavy atom. The Labute approximate surface area is 197 Å². The second kappa shape index (κ2) is 9.16. The van der Waals surface area contributed by atoms with Crippen LogP contribution in [0.5, 0.6) is 11.5 Å². The van der Waals surface area contributed by atoms with E-state index in [1.165, 1.54) is 6.08 Å². The molecular formula is C26H26ClN3O3. The van der Waals surface area contributed by atoms with Crippen LogP contribution < -0.4 is 9.47 Å². The van der Waals surface area contributed by atoms with Crippen LogP contribution in [-0.4, -0.2) is 33.2 Å². The zero-order valence-electron chi connectivity index (χ0n) is 19.1. The maximum absolute atomic E-state index is 13.3. The van der Waals surface area contributed by atoms with Gasteiger partial charge in [-0.3, -0.25) is 4.79 Å². The lowest BCUT2D eigenvalue weighted by Gasteiger charge is -2.15. The molecule has 0 bridgehead atoms. The molecule has 170 valence electrons. The molecule has 0 aliphatic heterocycles. The van der Waals surface area contributed by atoms with E-state index in [2.05, 4.69) is 16.2 Å². The van der Waals surface area contributed by atoms with E-state index >= 15 is 0 Å². The molecule has 0 atom stereocenters. The van der Waals surface area contributed by atoms with Crippen molar-refractivity contribution in [3.8, 4) is 11.5 Å². The minimum atomic E-state index is -0.145. The number of methoxy groups -OCH3 is 1. The van der Waals surface area contributed by atoms with Crippen LogP contribution in [-0.2, 0) is 6.54 Å². The number of aryl methyl sites for hydroxylation is 1. The molecule has 0 amide bonds. The minimum absolute atomic E-state index is 0.0468. The number of allylic oxidation sites excluding steroid dienone is 2. The van der Waals surface area contributed by atoms with Gasteiger partial charge in [0.1, 0.15) is 5.65 Å². The number of para-hydroxylation sites is 2. The molecule has 6 nitrogen and oxygen atoms in total. The van der Waals surface area contributed by atoms with Gasteiger partial charge in [-0.25, -0.2) is 4.52 Å². The largest absolute Gasteiger partial charge is 0.493 e. The van der Waals surface area contributed by atoms with Gasteiger partial charge in [-0.2, -0.15) is 5.10 Å². The van der Waals surface area contributed by atoms with E-state index in [4.69, 9.17) is 21.1 Å². The van der Waals surface area contributed by atoms with E-state index in [9.17, 15) is 4.79 Å². The standard InChI is InChI=1S/C26H26ClN3O3/c1-6-13-29-20-9-7-8-10-21(20)30-26(29)24(17(4)28-30)22(31)12-11-18-14-19(27)25(33-16(2)3)23(15-18)32-5/h6-12,14-16H,1,13H2,2-5H3. The maximum atomic E-state index is 13.3. The summed E-state index contributed by atoms with van der Waals surface area (Å²) in [4.78, 5) is 13.3. The summed E-state index contributed by atoms with van der Waals surface area (Å²) in [6.45, 7) is 10.1. The van der Waals surface area contributed by atoms with Crippen molar-refractivity contribution in [1.29, 1.82) is 0 Å². The summed E-state index contributed by atoms with van der Waals surface area (Å²) in [6, 6.07) is 11.5. The number of hydrogen-bond acceptors (Lipinski definition) is 4. The van der Waals surface area contributed by atoms with Crippen molar-refractivity contribution in [3.05, 3.63) is 77.0 Å². The molecule has 33 heavy (non-hydrogen) atoms. The number of ether oxygens (including phenoxy) is 2. The van der Waals surface area contributed by atoms with E-state index in [0.29, 0.717) is 34.3 Å². The van der Waals surface area contributed by atoms with Crippen molar-refractivity contribution in [1.82, 2.24) is 14.2 Å². The smallest absolute Gasteiger partial charge is 0.191 e. The molecule has 0 aliphatic rings. The maximum Gasteiger partial charge on any atom is 0.191 e. The van der Waals surface area contributed by atoms with Crippen molar-refractivity contribution in [2.45, 2.75) is 33.4 Å². The van der Waals surface area contributed by atoms with Gasteiger partial charge in [-0.1, -0.05) is 35.9 Å². The van der Waals surface area contributed by atoms with Crippen LogP contribution in [0.25, 0.3) is 22.8 Å². The summed E-state index contributed by atoms with van der Waals surface area (Å²) < 4.78 is 15.1. The summed E-state index contributed by atoms with van der Waals surface area (Å²) in [7, 11) is 1.56. The number of aromatic nitrogens is 3. The third-order valence-corrected chi connectivity index (χ3v) is 5.56. The first-order valence-electron chi connectivity index (χ1n) is 10.7. The summed E-state index contributed by atoms with van der Waals surface area (Å²) in [6.07, 6.45) is 5.02. The van der Waals surface area contributed by atoms with Gasteiger partial charge in [0.25, 0.3) is 0 Å². The highest BCUT2D eigenvalue weighted by Crippen LogP contribution is 2.37. The van der Waals surface area contributed by atoms with Crippen molar-refractivity contribution in [3.63, 3.8) is 0 Å². The molecule has 0 saturated heterocycles. The Kier molecular flexibility index (Phi) is 6.29. The van der Waals surface area contributed by atoms with Crippen LogP contribution in [0.1, 0.15) is 35.5 Å². The van der Waals surface area contributed by atoms with Crippen molar-refractivity contribution >= 4 is 40.1 Å². The molecule has 0 unspecified atom stereocenters. The molecule has 0 saturated carbocycles. The van der Waals surface area contributed by atoms with Gasteiger partial charge in [0.2, 0.25) is 0 Å². The third-order valence-electron chi connectivity index (χ3n) is 5.28. The first kappa shape index (κ1) is 22.7. The fourth-order valence-corrected chi connectivity index (χ4v) is 4.23. The number of imidazole rings is 1. The molecule has 0 fully saturated rings. The molecule has 2 aromatic heterocycles. The number of rotatable bonds is 8. The quantitative estimate of drug-likeness (QED) is 0.179. The molecule has 0 spiro atoms. The highest BCUT2D eigenvalue weighted by Gasteiger charge is 2.22. The Morgan fingerprint density at radius 1 is 1.24 bits per heavy atom. The average molecular weight is 464 g/mol. The molecule has 2 heterocycles. The van der Waals surface area contributed by atoms with Gasteiger partial charge in [0, 0.05) is 6.54 Å². The van der Waals surface area contributed by atoms with Gasteiger partial charge in [-0.05, 0) is 56.7 Å². The van der Waals surface area contributed by atoms with Gasteiger partial charge in [0.05, 0.1) is 40.5 Å². The monoisotopic (exact) mass is 463 g/mol. The number of benzene rings is 2. The minimum Gasteiger partial charge on any atom is -0.493 e. The lowest BCUT2D eigenvalue weighted by atomic mass is 10.1. The van der Waals surface area contributed by atoms with E-state index in [-0.39, 0.29) is 11.9 Å². The second-order valence-corrected chi connectivity index (χ2v) is 8.39. The van der Waals surface area contributed by atoms with Crippen LogP contribution >= 0.6 is 11.6 Å². The summed E-state index contributed by atoms with van der Waals surface area (Å²) in [5, 5.41) is 5.07. The summed E-state index contributed by atoms with van der Waals surface area (Å²) in [5.74, 6) is 0.854. The Hall–Kier alpha value is -3.51. The fraction of sp³-hybridized carbons (Fsp3) is 0.231. The number of fused-ring (bicyclic) bond motifs is 3. The summed E-state index contributed by atoms with van der Waals surface area (Å²) >= 11 is 6.43. The molecule has 7 heteroatoms. The van der Waals surface area contributed by atoms with Crippen LogP contribution in [0.2, 0.25) is 5.02 Å². The molecule has 0 aliphatic carbocycles. The lowest BCUT2D eigenvalue weighted by molar-refractivity contribution is 0.104. The molecular weight excluding hydrogens is 438 g/mol. The van der Waals surface area contributed by atoms with Crippen LogP contribution in [0.3, 0.4) is 0 Å². The normalized spacial score (nSPS) is 11.7. The van der Waals surface area contributed by atoms with Crippen LogP contribution in [0, 0.1) is 6.92 Å². The molecule has 4 rings (SSSR count). The lowest BCUT2D eigenvalue weighted by Crippen LogP contribution is -2.07. The number of ketones is 1. The SMILES string of the molecule is C=CCn1c2ccccc2n2nc(C)c(C(=O)C=Cc3cc(Cl)c(OC(C)C)c(OC)c3)c12. The first-order valence-corrected chi connectivity index (χ1v) is 11.1. The Balaban J connectivity index is 1.76. The van der Waals surface area contributed by atoms with Crippen molar-refractivity contribution in [2.75, 3.05) is 7.11 Å². The predicted molar refractivity (Wildman–Crippen MR) is 133 cm³/mol. The van der Waals surface area contributed by atoms with Crippen LogP contribution in [0.15, 0.2) is 55.1 Å². The highest BCUT2D eigenvalue weighted by atomic mass is 35.5. The molecule has 0 radical (unpaired) electrons. The number of carbonyl (C=O) groups excluding carboxylic acids is 1. The van der Waals surface area contributed by atoms with Gasteiger partial charge >= 0.3 is 0 Å². The van der Waals surface area contributed by atoms with Crippen molar-refractivity contribution < 1.29 is 14.3 Å². The van der Waals surface area contributed by atoms with Crippen LogP contribution in [0.4, 0.5) is 0 Å². The van der Waals surface area contributed by atoms with Gasteiger partial charge < -0.3 is 14.0 Å². The van der Waals surface area contributed by atoms with E-state index in [1.807, 2.05) is 55.6 Å². The second-order valence-electron chi connectivity index (χ2n) is 7.98. The molecule has 0 N–H and O–H groups in total. The molecule has 4 aromatic rings. The zero-order chi connectivity index (χ0) is 23.7. The van der Waals surface area contributed by atoms with Gasteiger partial charge in [0.15, 0.2) is 17.3 Å². The van der Waals surface area contributed by atoms with Gasteiger partial charge in [-0.15, -0.1) is 6.58 Å². The number of halogens is 1. The fourth-order valence-electron chi connectivity index (χ4n) is 3.96. The van der Waals surface area contributed by atoms with E-state index in [1.54, 1.807) is 25.3 Å². The Morgan fingerprint density at radius 2 is 1.97 bits per heavy atom. The van der Waals surface area contributed by atoms with E-state index < -0.39 is 0 Å². The number of nitrogens with zero attached hydrogens (tertiary/aromatic N) is 3. The summed E-state index contributed by atoms with van der Waals surface area (Å²) in [5.41, 5.74) is 4.64. The van der Waals surface area contributed by atoms with E-state index in [0.717, 1.165) is 22.2 Å². The van der Waals surface area contributed by atoms with Crippen molar-refractivity contribution in [2.24, 2.45) is 0 Å². The highest BCUT2D eigenvalue weighted by molar-refractivity contribution is 6.32. The average Bonchev–Trinajstić information content (AvgIpc) is 3.27. The Bertz CT molecular complexity index is 1400.